The van der Waals surface area contributed by atoms with E-state index in [-0.39, 0.29) is 0 Å². The molecule has 0 aliphatic carbocycles. The molecule has 19 heavy (non-hydrogen) atoms. The summed E-state index contributed by atoms with van der Waals surface area (Å²) in [6, 6.07) is 15.4. The molecule has 5 heteroatoms. The van der Waals surface area contributed by atoms with Crippen LogP contribution in [-0.2, 0) is 0 Å². The molecule has 0 spiro atoms. The lowest BCUT2D eigenvalue weighted by Gasteiger charge is -2.03. The Morgan fingerprint density at radius 2 is 1.74 bits per heavy atom. The van der Waals surface area contributed by atoms with Crippen LogP contribution in [0.3, 0.4) is 0 Å². The van der Waals surface area contributed by atoms with Gasteiger partial charge in [-0.2, -0.15) is 5.21 Å². The van der Waals surface area contributed by atoms with Crippen molar-refractivity contribution in [2.75, 3.05) is 0 Å². The monoisotopic (exact) mass is 247 g/mol. The maximum atomic E-state index is 7.03. The van der Waals surface area contributed by atoms with E-state index >= 15 is 0 Å². The number of hydrogen-bond acceptors (Lipinski definition) is 3. The van der Waals surface area contributed by atoms with Crippen molar-refractivity contribution in [3.63, 3.8) is 0 Å². The topological polar surface area (TPSA) is 58.8 Å². The second-order valence-corrected chi connectivity index (χ2v) is 3.97. The first-order chi connectivity index (χ1) is 9.36. The van der Waals surface area contributed by atoms with Crippen LogP contribution in [-0.4, -0.2) is 20.6 Å². The summed E-state index contributed by atoms with van der Waals surface area (Å²) in [4.78, 5) is 3.43. The summed E-state index contributed by atoms with van der Waals surface area (Å²) in [7, 11) is 0. The predicted octanol–water partition coefficient (Wildman–Crippen LogP) is 3.08. The molecule has 0 fully saturated rings. The van der Waals surface area contributed by atoms with Crippen molar-refractivity contribution in [2.45, 2.75) is 0 Å². The van der Waals surface area contributed by atoms with Crippen molar-refractivity contribution >= 4 is 5.69 Å². The van der Waals surface area contributed by atoms with Gasteiger partial charge in [-0.05, 0) is 22.4 Å². The van der Waals surface area contributed by atoms with Gasteiger partial charge in [0, 0.05) is 5.56 Å². The zero-order valence-electron chi connectivity index (χ0n) is 9.91. The van der Waals surface area contributed by atoms with E-state index in [0.29, 0.717) is 11.5 Å². The summed E-state index contributed by atoms with van der Waals surface area (Å²) in [5.74, 6) is 0.571. The summed E-state index contributed by atoms with van der Waals surface area (Å²) in [6.07, 6.45) is 0. The van der Waals surface area contributed by atoms with Gasteiger partial charge in [-0.3, -0.25) is 0 Å². The van der Waals surface area contributed by atoms with Crippen molar-refractivity contribution in [3.05, 3.63) is 59.9 Å². The van der Waals surface area contributed by atoms with Crippen LogP contribution in [0.5, 0.6) is 0 Å². The van der Waals surface area contributed by atoms with E-state index in [1.165, 1.54) is 0 Å². The summed E-state index contributed by atoms with van der Waals surface area (Å²) in [5.41, 5.74) is 3.62. The first kappa shape index (κ1) is 11.1. The molecule has 3 rings (SSSR count). The Morgan fingerprint density at radius 3 is 2.42 bits per heavy atom. The highest BCUT2D eigenvalue weighted by Gasteiger charge is 2.03. The molecule has 90 valence electrons. The first-order valence-corrected chi connectivity index (χ1v) is 5.68. The van der Waals surface area contributed by atoms with Gasteiger partial charge < -0.3 is 0 Å². The molecule has 5 nitrogen and oxygen atoms in total. The van der Waals surface area contributed by atoms with Gasteiger partial charge in [-0.15, -0.1) is 10.2 Å². The third-order valence-corrected chi connectivity index (χ3v) is 2.80. The van der Waals surface area contributed by atoms with Crippen LogP contribution < -0.4 is 0 Å². The third-order valence-electron chi connectivity index (χ3n) is 2.80. The molecule has 0 saturated carbocycles. The number of nitrogens with zero attached hydrogens (tertiary/aromatic N) is 4. The van der Waals surface area contributed by atoms with Crippen molar-refractivity contribution in [1.82, 2.24) is 20.6 Å². The largest absolute Gasteiger partial charge is 0.238 e. The van der Waals surface area contributed by atoms with E-state index in [9.17, 15) is 0 Å². The molecule has 0 unspecified atom stereocenters. The zero-order chi connectivity index (χ0) is 13.1. The minimum absolute atomic E-state index is 0.571. The lowest BCUT2D eigenvalue weighted by atomic mass is 10.0. The number of tetrazole rings is 1. The quantitative estimate of drug-likeness (QED) is 0.708. The Kier molecular flexibility index (Phi) is 2.75. The second-order valence-electron chi connectivity index (χ2n) is 3.97. The van der Waals surface area contributed by atoms with Gasteiger partial charge in [0.1, 0.15) is 0 Å². The highest BCUT2D eigenvalue weighted by atomic mass is 15.5. The van der Waals surface area contributed by atoms with Gasteiger partial charge in [0.05, 0.1) is 6.57 Å². The van der Waals surface area contributed by atoms with Crippen LogP contribution in [0.4, 0.5) is 5.69 Å². The second kappa shape index (κ2) is 4.70. The van der Waals surface area contributed by atoms with E-state index in [1.54, 1.807) is 6.07 Å². The lowest BCUT2D eigenvalue weighted by molar-refractivity contribution is 0.881. The number of H-pyrrole nitrogens is 1. The Bertz CT molecular complexity index is 723. The van der Waals surface area contributed by atoms with E-state index in [4.69, 9.17) is 6.57 Å². The van der Waals surface area contributed by atoms with Gasteiger partial charge >= 0.3 is 0 Å². The number of nitrogens with one attached hydrogen (secondary N) is 1. The molecule has 1 aromatic heterocycles. The zero-order valence-corrected chi connectivity index (χ0v) is 9.91. The Morgan fingerprint density at radius 1 is 0.947 bits per heavy atom. The fraction of sp³-hybridized carbons (Fsp3) is 0. The molecule has 0 aliphatic heterocycles. The molecular formula is C14H9N5. The van der Waals surface area contributed by atoms with Gasteiger partial charge in [0.25, 0.3) is 0 Å². The normalized spacial score (nSPS) is 10.1. The molecule has 0 bridgehead atoms. The maximum absolute atomic E-state index is 7.03. The minimum atomic E-state index is 0.571. The van der Waals surface area contributed by atoms with Gasteiger partial charge in [0.15, 0.2) is 5.69 Å². The molecule has 1 heterocycles. The number of aromatic nitrogens is 4. The molecule has 3 aromatic rings. The summed E-state index contributed by atoms with van der Waals surface area (Å²) in [6.45, 7) is 7.03. The average molecular weight is 247 g/mol. The Balaban J connectivity index is 1.96. The van der Waals surface area contributed by atoms with Crippen LogP contribution in [0.25, 0.3) is 27.4 Å². The van der Waals surface area contributed by atoms with E-state index in [0.717, 1.165) is 16.7 Å². The predicted molar refractivity (Wildman–Crippen MR) is 71.3 cm³/mol. The van der Waals surface area contributed by atoms with Crippen LogP contribution in [0, 0.1) is 6.57 Å². The molecule has 0 radical (unpaired) electrons. The number of hydrogen-bond donors (Lipinski definition) is 1. The van der Waals surface area contributed by atoms with Crippen LogP contribution >= 0.6 is 0 Å². The van der Waals surface area contributed by atoms with E-state index < -0.39 is 0 Å². The van der Waals surface area contributed by atoms with Crippen LogP contribution in [0.1, 0.15) is 0 Å². The van der Waals surface area contributed by atoms with Crippen molar-refractivity contribution in [1.29, 1.82) is 0 Å². The van der Waals surface area contributed by atoms with Crippen molar-refractivity contribution in [2.24, 2.45) is 0 Å². The van der Waals surface area contributed by atoms with Gasteiger partial charge in [0.2, 0.25) is 5.82 Å². The summed E-state index contributed by atoms with van der Waals surface area (Å²) in [5, 5.41) is 13.8. The molecular weight excluding hydrogens is 238 g/mol. The van der Waals surface area contributed by atoms with E-state index in [2.05, 4.69) is 25.5 Å². The smallest absolute Gasteiger partial charge is 0.204 e. The maximum Gasteiger partial charge on any atom is 0.204 e. The van der Waals surface area contributed by atoms with Gasteiger partial charge in [-0.1, -0.05) is 42.5 Å². The fourth-order valence-corrected chi connectivity index (χ4v) is 1.85. The lowest BCUT2D eigenvalue weighted by Crippen LogP contribution is -1.82. The van der Waals surface area contributed by atoms with Crippen molar-refractivity contribution < 1.29 is 0 Å². The number of rotatable bonds is 2. The summed E-state index contributed by atoms with van der Waals surface area (Å²) < 4.78 is 0. The molecule has 0 atom stereocenters. The standard InChI is InChI=1S/C14H9N5/c1-15-13-4-2-3-12(9-13)10-5-7-11(8-6-10)14-16-18-19-17-14/h2-9H,(H,16,17,18,19). The number of aromatic amines is 1. The summed E-state index contributed by atoms with van der Waals surface area (Å²) >= 11 is 0. The van der Waals surface area contributed by atoms with E-state index in [1.807, 2.05) is 42.5 Å². The van der Waals surface area contributed by atoms with Gasteiger partial charge in [-0.25, -0.2) is 4.85 Å². The fourth-order valence-electron chi connectivity index (χ4n) is 1.85. The molecule has 1 N–H and O–H groups in total. The Hall–Kier alpha value is -3.00. The highest BCUT2D eigenvalue weighted by molar-refractivity contribution is 5.70. The van der Waals surface area contributed by atoms with Crippen LogP contribution in [0.15, 0.2) is 48.5 Å². The molecule has 0 amide bonds. The molecule has 2 aromatic carbocycles. The Labute approximate surface area is 109 Å². The third kappa shape index (κ3) is 2.19. The SMILES string of the molecule is [C-]#[N+]c1cccc(-c2ccc(-c3nn[nH]n3)cc2)c1. The minimum Gasteiger partial charge on any atom is -0.238 e. The molecule has 0 saturated heterocycles. The van der Waals surface area contributed by atoms with Crippen LogP contribution in [0.2, 0.25) is 0 Å². The highest BCUT2D eigenvalue weighted by Crippen LogP contribution is 2.25. The molecule has 0 aliphatic rings. The first-order valence-electron chi connectivity index (χ1n) is 5.68. The average Bonchev–Trinajstić information content (AvgIpc) is 3.02. The number of benzene rings is 2. The van der Waals surface area contributed by atoms with Crippen molar-refractivity contribution in [3.8, 4) is 22.5 Å².